The number of nitrogens with zero attached hydrogens (tertiary/aromatic N) is 1. The maximum atomic E-state index is 13.1. The molecule has 114 valence electrons. The van der Waals surface area contributed by atoms with Crippen molar-refractivity contribution < 1.29 is 8.42 Å². The zero-order valence-electron chi connectivity index (χ0n) is 12.6. The van der Waals surface area contributed by atoms with Crippen LogP contribution in [0.1, 0.15) is 30.0 Å². The monoisotopic (exact) mass is 313 g/mol. The predicted octanol–water partition coefficient (Wildman–Crippen LogP) is 3.32. The van der Waals surface area contributed by atoms with Crippen molar-refractivity contribution in [2.45, 2.75) is 43.5 Å². The Labute approximate surface area is 131 Å². The summed E-state index contributed by atoms with van der Waals surface area (Å²) in [4.78, 5) is 0.428. The second-order valence-electron chi connectivity index (χ2n) is 6.27. The molecule has 2 aliphatic rings. The Kier molecular flexibility index (Phi) is 3.05. The van der Waals surface area contributed by atoms with Gasteiger partial charge in [0, 0.05) is 6.04 Å². The largest absolute Gasteiger partial charge is 0.264 e. The van der Waals surface area contributed by atoms with Gasteiger partial charge in [0.25, 0.3) is 10.0 Å². The normalized spacial score (nSPS) is 20.0. The van der Waals surface area contributed by atoms with Crippen molar-refractivity contribution in [1.29, 1.82) is 0 Å². The van der Waals surface area contributed by atoms with Crippen molar-refractivity contribution in [3.05, 3.63) is 59.2 Å². The number of aryl methyl sites for hydroxylation is 2. The van der Waals surface area contributed by atoms with E-state index >= 15 is 0 Å². The predicted molar refractivity (Wildman–Crippen MR) is 87.7 cm³/mol. The smallest absolute Gasteiger partial charge is 0.263 e. The molecule has 22 heavy (non-hydrogen) atoms. The second kappa shape index (κ2) is 4.85. The van der Waals surface area contributed by atoms with Gasteiger partial charge in [0.15, 0.2) is 0 Å². The molecule has 1 aliphatic carbocycles. The number of fused-ring (bicyclic) bond motifs is 2. The molecule has 1 atom stereocenters. The summed E-state index contributed by atoms with van der Waals surface area (Å²) in [5.74, 6) is 0. The molecule has 0 amide bonds. The molecule has 0 saturated carbocycles. The van der Waals surface area contributed by atoms with Gasteiger partial charge >= 0.3 is 0 Å². The van der Waals surface area contributed by atoms with Crippen LogP contribution in [0.15, 0.2) is 47.4 Å². The molecule has 1 aliphatic heterocycles. The summed E-state index contributed by atoms with van der Waals surface area (Å²) in [5, 5.41) is 0. The zero-order valence-corrected chi connectivity index (χ0v) is 13.4. The Hall–Kier alpha value is -1.81. The molecular weight excluding hydrogens is 294 g/mol. The van der Waals surface area contributed by atoms with Gasteiger partial charge in [-0.2, -0.15) is 0 Å². The summed E-state index contributed by atoms with van der Waals surface area (Å²) in [5.41, 5.74) is 4.44. The first-order valence-corrected chi connectivity index (χ1v) is 9.25. The maximum Gasteiger partial charge on any atom is 0.264 e. The minimum atomic E-state index is -3.49. The summed E-state index contributed by atoms with van der Waals surface area (Å²) in [6.45, 7) is 1.98. The van der Waals surface area contributed by atoms with E-state index in [1.807, 2.05) is 43.3 Å². The highest BCUT2D eigenvalue weighted by Gasteiger charge is 2.36. The van der Waals surface area contributed by atoms with E-state index in [1.165, 1.54) is 11.1 Å². The van der Waals surface area contributed by atoms with E-state index in [1.54, 1.807) is 10.4 Å². The number of rotatable bonds is 2. The fourth-order valence-electron chi connectivity index (χ4n) is 3.73. The summed E-state index contributed by atoms with van der Waals surface area (Å²) >= 11 is 0. The zero-order chi connectivity index (χ0) is 15.3. The Morgan fingerprint density at radius 1 is 1.00 bits per heavy atom. The van der Waals surface area contributed by atoms with Crippen LogP contribution in [-0.4, -0.2) is 14.5 Å². The first-order chi connectivity index (χ1) is 10.6. The van der Waals surface area contributed by atoms with E-state index in [0.717, 1.165) is 36.9 Å². The third-order valence-electron chi connectivity index (χ3n) is 4.77. The third kappa shape index (κ3) is 1.97. The Balaban J connectivity index is 1.81. The molecule has 4 heteroatoms. The first kappa shape index (κ1) is 13.8. The number of anilines is 1. The Morgan fingerprint density at radius 3 is 2.64 bits per heavy atom. The quantitative estimate of drug-likeness (QED) is 0.853. The van der Waals surface area contributed by atoms with Crippen LogP contribution in [0.2, 0.25) is 0 Å². The van der Waals surface area contributed by atoms with Crippen LogP contribution in [0, 0.1) is 0 Å². The van der Waals surface area contributed by atoms with Crippen LogP contribution in [0.5, 0.6) is 0 Å². The van der Waals surface area contributed by atoms with Crippen LogP contribution in [0.25, 0.3) is 0 Å². The molecule has 1 heterocycles. The molecule has 0 fully saturated rings. The van der Waals surface area contributed by atoms with Crippen LogP contribution < -0.4 is 4.31 Å². The van der Waals surface area contributed by atoms with Crippen LogP contribution in [-0.2, 0) is 29.3 Å². The second-order valence-corrected chi connectivity index (χ2v) is 8.08. The van der Waals surface area contributed by atoms with Gasteiger partial charge in [-0.25, -0.2) is 8.42 Å². The number of hydrogen-bond donors (Lipinski definition) is 0. The summed E-state index contributed by atoms with van der Waals surface area (Å²) in [6.07, 6.45) is 3.96. The summed E-state index contributed by atoms with van der Waals surface area (Å²) in [6, 6.07) is 13.4. The van der Waals surface area contributed by atoms with Gasteiger partial charge in [0.05, 0.1) is 10.6 Å². The molecule has 0 saturated heterocycles. The fraction of sp³-hybridized carbons (Fsp3) is 0.333. The van der Waals surface area contributed by atoms with Crippen LogP contribution in [0.4, 0.5) is 5.69 Å². The molecule has 0 spiro atoms. The Bertz CT molecular complexity index is 842. The lowest BCUT2D eigenvalue weighted by atomic mass is 10.1. The van der Waals surface area contributed by atoms with Gasteiger partial charge in [0.2, 0.25) is 0 Å². The van der Waals surface area contributed by atoms with E-state index in [0.29, 0.717) is 4.90 Å². The van der Waals surface area contributed by atoms with Crippen molar-refractivity contribution in [3.8, 4) is 0 Å². The van der Waals surface area contributed by atoms with Gasteiger partial charge in [-0.05, 0) is 67.5 Å². The molecule has 2 aromatic rings. The lowest BCUT2D eigenvalue weighted by Gasteiger charge is -2.24. The van der Waals surface area contributed by atoms with Gasteiger partial charge < -0.3 is 0 Å². The topological polar surface area (TPSA) is 37.4 Å². The van der Waals surface area contributed by atoms with Crippen LogP contribution in [0.3, 0.4) is 0 Å². The molecule has 3 nitrogen and oxygen atoms in total. The lowest BCUT2D eigenvalue weighted by molar-refractivity contribution is 0.584. The molecular formula is C18H19NO2S. The van der Waals surface area contributed by atoms with E-state index < -0.39 is 10.0 Å². The highest BCUT2D eigenvalue weighted by atomic mass is 32.2. The number of sulfonamides is 1. The number of para-hydroxylation sites is 1. The highest BCUT2D eigenvalue weighted by molar-refractivity contribution is 7.92. The maximum absolute atomic E-state index is 13.1. The first-order valence-electron chi connectivity index (χ1n) is 7.81. The van der Waals surface area contributed by atoms with E-state index in [-0.39, 0.29) is 6.04 Å². The molecule has 2 aromatic carbocycles. The molecule has 0 N–H and O–H groups in total. The summed E-state index contributed by atoms with van der Waals surface area (Å²) in [7, 11) is -3.49. The average molecular weight is 313 g/mol. The van der Waals surface area contributed by atoms with E-state index in [9.17, 15) is 8.42 Å². The minimum Gasteiger partial charge on any atom is -0.263 e. The van der Waals surface area contributed by atoms with E-state index in [2.05, 4.69) is 0 Å². The lowest BCUT2D eigenvalue weighted by Crippen LogP contribution is -2.35. The molecule has 0 radical (unpaired) electrons. The molecule has 0 aromatic heterocycles. The van der Waals surface area contributed by atoms with Crippen LogP contribution >= 0.6 is 0 Å². The Morgan fingerprint density at radius 2 is 1.77 bits per heavy atom. The van der Waals surface area contributed by atoms with Crippen molar-refractivity contribution >= 4 is 15.7 Å². The highest BCUT2D eigenvalue weighted by Crippen LogP contribution is 2.37. The summed E-state index contributed by atoms with van der Waals surface area (Å²) < 4.78 is 27.9. The molecule has 4 rings (SSSR count). The average Bonchev–Trinajstić information content (AvgIpc) is 3.08. The van der Waals surface area contributed by atoms with Gasteiger partial charge in [-0.3, -0.25) is 4.31 Å². The van der Waals surface area contributed by atoms with Crippen molar-refractivity contribution in [1.82, 2.24) is 0 Å². The van der Waals surface area contributed by atoms with Crippen molar-refractivity contribution in [2.24, 2.45) is 0 Å². The van der Waals surface area contributed by atoms with Crippen molar-refractivity contribution in [2.75, 3.05) is 4.31 Å². The van der Waals surface area contributed by atoms with E-state index in [4.69, 9.17) is 0 Å². The molecule has 0 bridgehead atoms. The third-order valence-corrected chi connectivity index (χ3v) is 6.70. The van der Waals surface area contributed by atoms with Gasteiger partial charge in [-0.1, -0.05) is 24.3 Å². The number of benzene rings is 2. The number of hydrogen-bond acceptors (Lipinski definition) is 2. The van der Waals surface area contributed by atoms with Crippen molar-refractivity contribution in [3.63, 3.8) is 0 Å². The minimum absolute atomic E-state index is 0.0318. The fourth-order valence-corrected chi connectivity index (χ4v) is 5.47. The van der Waals surface area contributed by atoms with Gasteiger partial charge in [-0.15, -0.1) is 0 Å². The van der Waals surface area contributed by atoms with Gasteiger partial charge in [0.1, 0.15) is 0 Å². The standard InChI is InChI=1S/C18H19NO2S/c1-13-11-16-5-2-3-8-18(16)19(13)22(20,21)17-10-9-14-6-4-7-15(14)12-17/h2-3,5,8-10,12-13H,4,6-7,11H2,1H3. The molecule has 1 unspecified atom stereocenters. The SMILES string of the molecule is CC1Cc2ccccc2N1S(=O)(=O)c1ccc2c(c1)CCC2.